The Morgan fingerprint density at radius 2 is 2.05 bits per heavy atom. The SMILES string of the molecule is N[C@@H](Cc1c[nH]c2c(-c3ncccn3)cccc12)C(=O)O. The second kappa shape index (κ2) is 5.34. The van der Waals surface area contributed by atoms with Crippen molar-refractivity contribution in [2.75, 3.05) is 0 Å². The van der Waals surface area contributed by atoms with Crippen LogP contribution in [0.3, 0.4) is 0 Å². The summed E-state index contributed by atoms with van der Waals surface area (Å²) < 4.78 is 0. The number of nitrogens with zero attached hydrogens (tertiary/aromatic N) is 2. The first-order valence-electron chi connectivity index (χ1n) is 6.51. The molecule has 0 aliphatic rings. The smallest absolute Gasteiger partial charge is 0.320 e. The Hall–Kier alpha value is -2.73. The zero-order chi connectivity index (χ0) is 14.8. The molecule has 21 heavy (non-hydrogen) atoms. The normalized spacial score (nSPS) is 12.4. The highest BCUT2D eigenvalue weighted by molar-refractivity contribution is 5.94. The van der Waals surface area contributed by atoms with Crippen LogP contribution in [-0.2, 0) is 11.2 Å². The Labute approximate surface area is 120 Å². The highest BCUT2D eigenvalue weighted by atomic mass is 16.4. The average Bonchev–Trinajstić information content (AvgIpc) is 2.91. The van der Waals surface area contributed by atoms with Crippen LogP contribution in [0.4, 0.5) is 0 Å². The molecule has 0 saturated heterocycles. The molecule has 1 atom stereocenters. The van der Waals surface area contributed by atoms with Gasteiger partial charge in [0.2, 0.25) is 0 Å². The van der Waals surface area contributed by atoms with Crippen molar-refractivity contribution in [2.45, 2.75) is 12.5 Å². The van der Waals surface area contributed by atoms with E-state index in [9.17, 15) is 4.79 Å². The van der Waals surface area contributed by atoms with Crippen molar-refractivity contribution < 1.29 is 9.90 Å². The summed E-state index contributed by atoms with van der Waals surface area (Å²) in [5.74, 6) is -0.383. The van der Waals surface area contributed by atoms with Crippen LogP contribution in [-0.4, -0.2) is 32.1 Å². The van der Waals surface area contributed by atoms with E-state index in [1.165, 1.54) is 0 Å². The monoisotopic (exact) mass is 282 g/mol. The topological polar surface area (TPSA) is 105 Å². The molecule has 3 aromatic rings. The maximum atomic E-state index is 10.9. The molecule has 0 aliphatic carbocycles. The van der Waals surface area contributed by atoms with E-state index in [1.807, 2.05) is 18.2 Å². The van der Waals surface area contributed by atoms with Gasteiger partial charge in [-0.15, -0.1) is 0 Å². The highest BCUT2D eigenvalue weighted by Crippen LogP contribution is 2.27. The lowest BCUT2D eigenvalue weighted by Crippen LogP contribution is -2.32. The molecule has 6 nitrogen and oxygen atoms in total. The summed E-state index contributed by atoms with van der Waals surface area (Å²) in [6, 6.07) is 6.60. The number of hydrogen-bond donors (Lipinski definition) is 3. The fraction of sp³-hybridized carbons (Fsp3) is 0.133. The molecule has 4 N–H and O–H groups in total. The predicted octanol–water partition coefficient (Wildman–Crippen LogP) is 1.58. The van der Waals surface area contributed by atoms with Crippen molar-refractivity contribution in [1.29, 1.82) is 0 Å². The number of para-hydroxylation sites is 1. The van der Waals surface area contributed by atoms with Crippen LogP contribution in [0.25, 0.3) is 22.3 Å². The third-order valence-electron chi connectivity index (χ3n) is 3.36. The van der Waals surface area contributed by atoms with Gasteiger partial charge in [-0.05, 0) is 17.7 Å². The number of benzene rings is 1. The van der Waals surface area contributed by atoms with E-state index in [0.29, 0.717) is 5.82 Å². The number of hydrogen-bond acceptors (Lipinski definition) is 4. The number of rotatable bonds is 4. The number of aliphatic carboxylic acids is 1. The summed E-state index contributed by atoms with van der Waals surface area (Å²) in [4.78, 5) is 22.6. The molecule has 0 radical (unpaired) electrons. The first kappa shape index (κ1) is 13.3. The summed E-state index contributed by atoms with van der Waals surface area (Å²) in [5, 5.41) is 9.87. The molecule has 0 spiro atoms. The lowest BCUT2D eigenvalue weighted by atomic mass is 10.0. The fourth-order valence-corrected chi connectivity index (χ4v) is 2.33. The average molecular weight is 282 g/mol. The number of aromatic nitrogens is 3. The van der Waals surface area contributed by atoms with Gasteiger partial charge in [0.25, 0.3) is 0 Å². The van der Waals surface area contributed by atoms with Crippen LogP contribution in [0, 0.1) is 0 Å². The molecule has 0 amide bonds. The third-order valence-corrected chi connectivity index (χ3v) is 3.36. The zero-order valence-electron chi connectivity index (χ0n) is 11.2. The second-order valence-electron chi connectivity index (χ2n) is 4.76. The van der Waals surface area contributed by atoms with Crippen LogP contribution in [0.15, 0.2) is 42.9 Å². The molecular weight excluding hydrogens is 268 g/mol. The van der Waals surface area contributed by atoms with E-state index < -0.39 is 12.0 Å². The maximum Gasteiger partial charge on any atom is 0.320 e. The second-order valence-corrected chi connectivity index (χ2v) is 4.76. The highest BCUT2D eigenvalue weighted by Gasteiger charge is 2.16. The van der Waals surface area contributed by atoms with E-state index >= 15 is 0 Å². The minimum absolute atomic E-state index is 0.272. The van der Waals surface area contributed by atoms with Gasteiger partial charge in [0, 0.05) is 36.0 Å². The minimum Gasteiger partial charge on any atom is -0.480 e. The van der Waals surface area contributed by atoms with Crippen LogP contribution in [0.5, 0.6) is 0 Å². The summed E-state index contributed by atoms with van der Waals surface area (Å²) in [6.07, 6.45) is 5.44. The summed E-state index contributed by atoms with van der Waals surface area (Å²) in [7, 11) is 0. The Morgan fingerprint density at radius 1 is 1.29 bits per heavy atom. The van der Waals surface area contributed by atoms with Gasteiger partial charge in [0.1, 0.15) is 6.04 Å². The molecule has 3 rings (SSSR count). The zero-order valence-corrected chi connectivity index (χ0v) is 11.2. The largest absolute Gasteiger partial charge is 0.480 e. The number of carbonyl (C=O) groups is 1. The standard InChI is InChI=1S/C15H14N4O2/c16-12(15(20)21)7-9-8-19-13-10(9)3-1-4-11(13)14-17-5-2-6-18-14/h1-6,8,12,19H,7,16H2,(H,20,21)/t12-/m0/s1. The van der Waals surface area contributed by atoms with Crippen molar-refractivity contribution >= 4 is 16.9 Å². The van der Waals surface area contributed by atoms with E-state index in [1.54, 1.807) is 24.7 Å². The Balaban J connectivity index is 2.06. The predicted molar refractivity (Wildman–Crippen MR) is 78.6 cm³/mol. The van der Waals surface area contributed by atoms with Crippen LogP contribution < -0.4 is 5.73 Å². The number of nitrogens with one attached hydrogen (secondary N) is 1. The molecule has 0 bridgehead atoms. The van der Waals surface area contributed by atoms with Gasteiger partial charge in [-0.1, -0.05) is 12.1 Å². The number of nitrogens with two attached hydrogens (primary N) is 1. The Morgan fingerprint density at radius 3 is 2.76 bits per heavy atom. The first-order chi connectivity index (χ1) is 10.2. The van der Waals surface area contributed by atoms with Crippen LogP contribution >= 0.6 is 0 Å². The molecule has 1 aromatic carbocycles. The van der Waals surface area contributed by atoms with Crippen molar-refractivity contribution in [3.8, 4) is 11.4 Å². The maximum absolute atomic E-state index is 10.9. The molecule has 2 aromatic heterocycles. The summed E-state index contributed by atoms with van der Waals surface area (Å²) >= 11 is 0. The lowest BCUT2D eigenvalue weighted by molar-refractivity contribution is -0.138. The van der Waals surface area contributed by atoms with E-state index in [2.05, 4.69) is 15.0 Å². The van der Waals surface area contributed by atoms with Crippen LogP contribution in [0.2, 0.25) is 0 Å². The number of fused-ring (bicyclic) bond motifs is 1. The van der Waals surface area contributed by atoms with Crippen molar-refractivity contribution in [1.82, 2.24) is 15.0 Å². The molecular formula is C15H14N4O2. The van der Waals surface area contributed by atoms with Gasteiger partial charge in [-0.3, -0.25) is 4.79 Å². The van der Waals surface area contributed by atoms with Gasteiger partial charge in [0.05, 0.1) is 5.52 Å². The Kier molecular flexibility index (Phi) is 3.37. The fourth-order valence-electron chi connectivity index (χ4n) is 2.33. The van der Waals surface area contributed by atoms with Crippen LogP contribution in [0.1, 0.15) is 5.56 Å². The number of carboxylic acids is 1. The van der Waals surface area contributed by atoms with Gasteiger partial charge >= 0.3 is 5.97 Å². The number of H-pyrrole nitrogens is 1. The summed E-state index contributed by atoms with van der Waals surface area (Å²) in [5.41, 5.74) is 8.25. The molecule has 0 unspecified atom stereocenters. The third kappa shape index (κ3) is 2.48. The van der Waals surface area contributed by atoms with Gasteiger partial charge in [0.15, 0.2) is 5.82 Å². The van der Waals surface area contributed by atoms with Crippen molar-refractivity contribution in [3.63, 3.8) is 0 Å². The van der Waals surface area contributed by atoms with E-state index in [-0.39, 0.29) is 6.42 Å². The molecule has 6 heteroatoms. The van der Waals surface area contributed by atoms with Gasteiger partial charge in [-0.25, -0.2) is 9.97 Å². The summed E-state index contributed by atoms with van der Waals surface area (Å²) in [6.45, 7) is 0. The molecule has 0 saturated carbocycles. The lowest BCUT2D eigenvalue weighted by Gasteiger charge is -2.05. The minimum atomic E-state index is -1.01. The first-order valence-corrected chi connectivity index (χ1v) is 6.51. The van der Waals surface area contributed by atoms with Gasteiger partial charge in [-0.2, -0.15) is 0 Å². The van der Waals surface area contributed by atoms with Crippen molar-refractivity contribution in [3.05, 3.63) is 48.4 Å². The number of carboxylic acid groups (broad SMARTS) is 1. The van der Waals surface area contributed by atoms with E-state index in [4.69, 9.17) is 10.8 Å². The van der Waals surface area contributed by atoms with E-state index in [0.717, 1.165) is 22.0 Å². The van der Waals surface area contributed by atoms with Crippen molar-refractivity contribution in [2.24, 2.45) is 5.73 Å². The quantitative estimate of drug-likeness (QED) is 0.673. The van der Waals surface area contributed by atoms with Gasteiger partial charge < -0.3 is 15.8 Å². The molecule has 0 fully saturated rings. The number of aromatic amines is 1. The Bertz CT molecular complexity index is 783. The molecule has 106 valence electrons. The molecule has 0 aliphatic heterocycles. The molecule has 2 heterocycles.